The Bertz CT molecular complexity index is 583. The molecule has 0 radical (unpaired) electrons. The summed E-state index contributed by atoms with van der Waals surface area (Å²) in [6, 6.07) is 11.9. The van der Waals surface area contributed by atoms with Crippen LogP contribution in [0.15, 0.2) is 67.4 Å². The minimum absolute atomic E-state index is 0. The molecule has 0 atom stereocenters. The Morgan fingerprint density at radius 1 is 0.684 bits per heavy atom. The number of rotatable bonds is 2. The molecule has 0 aromatic carbocycles. The van der Waals surface area contributed by atoms with Crippen LogP contribution in [0.5, 0.6) is 0 Å². The second-order valence-corrected chi connectivity index (χ2v) is 3.88. The zero-order valence-corrected chi connectivity index (χ0v) is 11.8. The zero-order chi connectivity index (χ0) is 12.2. The van der Waals surface area contributed by atoms with Crippen LogP contribution in [0.2, 0.25) is 0 Å². The molecule has 0 N–H and O–H groups in total. The summed E-state index contributed by atoms with van der Waals surface area (Å²) >= 11 is 0. The Hall–Kier alpha value is -2.07. The third-order valence-electron chi connectivity index (χ3n) is 2.72. The van der Waals surface area contributed by atoms with Gasteiger partial charge in [-0.2, -0.15) is 0 Å². The van der Waals surface area contributed by atoms with Crippen molar-refractivity contribution in [2.75, 3.05) is 0 Å². The normalized spacial score (nSPS) is 9.68. The van der Waals surface area contributed by atoms with Gasteiger partial charge >= 0.3 is 0 Å². The molecule has 3 rings (SSSR count). The standard InChI is InChI=1S/C15H11N3.BrH/c1-4-12(10-16-7-1)14-6-3-9-18-15(14)13-5-2-8-17-11-13;/h1-11H;1H. The molecule has 3 nitrogen and oxygen atoms in total. The van der Waals surface area contributed by atoms with Gasteiger partial charge < -0.3 is 0 Å². The summed E-state index contributed by atoms with van der Waals surface area (Å²) in [6.45, 7) is 0. The van der Waals surface area contributed by atoms with E-state index in [1.165, 1.54) is 0 Å². The molecular formula is C15H12BrN3. The van der Waals surface area contributed by atoms with Gasteiger partial charge in [-0.3, -0.25) is 15.0 Å². The molecule has 0 aliphatic heterocycles. The van der Waals surface area contributed by atoms with E-state index in [0.29, 0.717) is 0 Å². The van der Waals surface area contributed by atoms with Crippen molar-refractivity contribution in [1.29, 1.82) is 0 Å². The highest BCUT2D eigenvalue weighted by Gasteiger charge is 2.07. The number of nitrogens with zero attached hydrogens (tertiary/aromatic N) is 3. The summed E-state index contributed by atoms with van der Waals surface area (Å²) in [4.78, 5) is 12.8. The van der Waals surface area contributed by atoms with Crippen LogP contribution in [-0.2, 0) is 0 Å². The molecule has 3 aromatic rings. The van der Waals surface area contributed by atoms with Crippen LogP contribution in [0, 0.1) is 0 Å². The lowest BCUT2D eigenvalue weighted by Gasteiger charge is -2.07. The van der Waals surface area contributed by atoms with Gasteiger partial charge in [0, 0.05) is 47.7 Å². The molecule has 0 aliphatic carbocycles. The number of hydrogen-bond donors (Lipinski definition) is 0. The molecule has 19 heavy (non-hydrogen) atoms. The third kappa shape index (κ3) is 2.85. The minimum atomic E-state index is 0. The van der Waals surface area contributed by atoms with Gasteiger partial charge in [0.2, 0.25) is 0 Å². The maximum atomic E-state index is 4.46. The lowest BCUT2D eigenvalue weighted by atomic mass is 10.0. The first-order valence-corrected chi connectivity index (χ1v) is 5.71. The van der Waals surface area contributed by atoms with Crippen LogP contribution >= 0.6 is 17.0 Å². The van der Waals surface area contributed by atoms with Crippen molar-refractivity contribution in [2.24, 2.45) is 0 Å². The van der Waals surface area contributed by atoms with Crippen LogP contribution in [-0.4, -0.2) is 15.0 Å². The van der Waals surface area contributed by atoms with E-state index in [1.54, 1.807) is 18.6 Å². The summed E-state index contributed by atoms with van der Waals surface area (Å²) in [6.07, 6.45) is 8.99. The lowest BCUT2D eigenvalue weighted by molar-refractivity contribution is 1.27. The summed E-state index contributed by atoms with van der Waals surface area (Å²) in [5.41, 5.74) is 4.07. The number of hydrogen-bond acceptors (Lipinski definition) is 3. The molecule has 94 valence electrons. The van der Waals surface area contributed by atoms with E-state index in [9.17, 15) is 0 Å². The van der Waals surface area contributed by atoms with Gasteiger partial charge in [-0.25, -0.2) is 0 Å². The van der Waals surface area contributed by atoms with E-state index in [-0.39, 0.29) is 17.0 Å². The van der Waals surface area contributed by atoms with Crippen LogP contribution < -0.4 is 0 Å². The molecule has 0 bridgehead atoms. The SMILES string of the molecule is Br.c1cncc(-c2cccnc2-c2cccnc2)c1. The molecule has 0 spiro atoms. The fourth-order valence-electron chi connectivity index (χ4n) is 1.89. The smallest absolute Gasteiger partial charge is 0.0796 e. The van der Waals surface area contributed by atoms with Crippen molar-refractivity contribution in [2.45, 2.75) is 0 Å². The van der Waals surface area contributed by atoms with Gasteiger partial charge in [0.15, 0.2) is 0 Å². The average molecular weight is 314 g/mol. The molecule has 0 amide bonds. The summed E-state index contributed by atoms with van der Waals surface area (Å²) in [7, 11) is 0. The number of halogens is 1. The highest BCUT2D eigenvalue weighted by molar-refractivity contribution is 8.93. The Balaban J connectivity index is 0.00000133. The second-order valence-electron chi connectivity index (χ2n) is 3.88. The Kier molecular flexibility index (Phi) is 4.36. The third-order valence-corrected chi connectivity index (χ3v) is 2.72. The summed E-state index contributed by atoms with van der Waals surface area (Å²) < 4.78 is 0. The molecule has 0 aliphatic rings. The van der Waals surface area contributed by atoms with E-state index in [4.69, 9.17) is 0 Å². The van der Waals surface area contributed by atoms with Gasteiger partial charge in [-0.1, -0.05) is 12.1 Å². The summed E-state index contributed by atoms with van der Waals surface area (Å²) in [5.74, 6) is 0. The van der Waals surface area contributed by atoms with Crippen LogP contribution in [0.1, 0.15) is 0 Å². The van der Waals surface area contributed by atoms with E-state index >= 15 is 0 Å². The quantitative estimate of drug-likeness (QED) is 0.722. The maximum Gasteiger partial charge on any atom is 0.0796 e. The van der Waals surface area contributed by atoms with E-state index in [1.807, 2.05) is 48.8 Å². The fraction of sp³-hybridized carbons (Fsp3) is 0. The van der Waals surface area contributed by atoms with E-state index < -0.39 is 0 Å². The van der Waals surface area contributed by atoms with Crippen LogP contribution in [0.3, 0.4) is 0 Å². The Morgan fingerprint density at radius 3 is 1.95 bits per heavy atom. The molecule has 4 heteroatoms. The Labute approximate surface area is 122 Å². The molecular weight excluding hydrogens is 302 g/mol. The van der Waals surface area contributed by atoms with Gasteiger partial charge in [-0.15, -0.1) is 17.0 Å². The minimum Gasteiger partial charge on any atom is -0.264 e. The first kappa shape index (κ1) is 13.4. The number of aromatic nitrogens is 3. The topological polar surface area (TPSA) is 38.7 Å². The molecule has 0 unspecified atom stereocenters. The lowest BCUT2D eigenvalue weighted by Crippen LogP contribution is -1.89. The largest absolute Gasteiger partial charge is 0.264 e. The molecule has 0 saturated heterocycles. The van der Waals surface area contributed by atoms with Crippen LogP contribution in [0.25, 0.3) is 22.4 Å². The van der Waals surface area contributed by atoms with E-state index in [2.05, 4.69) is 15.0 Å². The molecule has 0 fully saturated rings. The van der Waals surface area contributed by atoms with Gasteiger partial charge in [0.05, 0.1) is 5.69 Å². The Morgan fingerprint density at radius 2 is 1.32 bits per heavy atom. The maximum absolute atomic E-state index is 4.46. The highest BCUT2D eigenvalue weighted by atomic mass is 79.9. The number of pyridine rings is 3. The summed E-state index contributed by atoms with van der Waals surface area (Å²) in [5, 5.41) is 0. The molecule has 0 saturated carbocycles. The van der Waals surface area contributed by atoms with Crippen molar-refractivity contribution >= 4 is 17.0 Å². The van der Waals surface area contributed by atoms with Gasteiger partial charge in [0.1, 0.15) is 0 Å². The first-order chi connectivity index (χ1) is 8.95. The highest BCUT2D eigenvalue weighted by Crippen LogP contribution is 2.28. The predicted molar refractivity (Wildman–Crippen MR) is 81.0 cm³/mol. The van der Waals surface area contributed by atoms with Crippen molar-refractivity contribution in [3.8, 4) is 22.4 Å². The van der Waals surface area contributed by atoms with Gasteiger partial charge in [0.25, 0.3) is 0 Å². The van der Waals surface area contributed by atoms with Crippen molar-refractivity contribution in [3.05, 3.63) is 67.4 Å². The fourth-order valence-corrected chi connectivity index (χ4v) is 1.89. The zero-order valence-electron chi connectivity index (χ0n) is 10.1. The average Bonchev–Trinajstić information content (AvgIpc) is 2.49. The van der Waals surface area contributed by atoms with Gasteiger partial charge in [-0.05, 0) is 24.3 Å². The monoisotopic (exact) mass is 313 g/mol. The molecule has 3 aromatic heterocycles. The first-order valence-electron chi connectivity index (χ1n) is 5.71. The van der Waals surface area contributed by atoms with Crippen molar-refractivity contribution in [3.63, 3.8) is 0 Å². The van der Waals surface area contributed by atoms with Crippen LogP contribution in [0.4, 0.5) is 0 Å². The van der Waals surface area contributed by atoms with Crippen molar-refractivity contribution in [1.82, 2.24) is 15.0 Å². The predicted octanol–water partition coefficient (Wildman–Crippen LogP) is 3.78. The molecule has 3 heterocycles. The van der Waals surface area contributed by atoms with E-state index in [0.717, 1.165) is 22.4 Å². The van der Waals surface area contributed by atoms with Crippen molar-refractivity contribution < 1.29 is 0 Å². The second kappa shape index (κ2) is 6.20.